The fraction of sp³-hybridized carbons (Fsp3) is 0.227. The van der Waals surface area contributed by atoms with Crippen LogP contribution in [0.15, 0.2) is 67.0 Å². The van der Waals surface area contributed by atoms with E-state index in [2.05, 4.69) is 4.98 Å². The van der Waals surface area contributed by atoms with Crippen LogP contribution < -0.4 is 0 Å². The van der Waals surface area contributed by atoms with Gasteiger partial charge in [0.1, 0.15) is 5.82 Å². The van der Waals surface area contributed by atoms with Crippen molar-refractivity contribution in [1.82, 2.24) is 14.9 Å². The first-order chi connectivity index (χ1) is 13.2. The summed E-state index contributed by atoms with van der Waals surface area (Å²) in [6, 6.07) is 15.8. The molecule has 4 rings (SSSR count). The second-order valence-corrected chi connectivity index (χ2v) is 6.75. The van der Waals surface area contributed by atoms with E-state index in [-0.39, 0.29) is 17.6 Å². The Morgan fingerprint density at radius 1 is 1.04 bits per heavy atom. The first-order valence-electron chi connectivity index (χ1n) is 9.13. The molecule has 1 fully saturated rings. The van der Waals surface area contributed by atoms with Gasteiger partial charge in [-0.05, 0) is 49.2 Å². The maximum atomic E-state index is 14.1. The number of likely N-dealkylation sites (tertiary alicyclic amines) is 1. The van der Waals surface area contributed by atoms with Gasteiger partial charge in [0.05, 0.1) is 5.69 Å². The number of nitrogens with zero attached hydrogens (tertiary/aromatic N) is 3. The summed E-state index contributed by atoms with van der Waals surface area (Å²) in [5.74, 6) is -0.107. The van der Waals surface area contributed by atoms with Crippen LogP contribution in [0.2, 0.25) is 0 Å². The third-order valence-electron chi connectivity index (χ3n) is 4.97. The highest BCUT2D eigenvalue weighted by molar-refractivity contribution is 5.94. The van der Waals surface area contributed by atoms with Gasteiger partial charge in [-0.1, -0.05) is 18.2 Å². The van der Waals surface area contributed by atoms with E-state index in [1.807, 2.05) is 29.2 Å². The van der Waals surface area contributed by atoms with Crippen LogP contribution in [-0.2, 0) is 0 Å². The topological polar surface area (TPSA) is 46.1 Å². The average molecular weight is 361 g/mol. The molecule has 0 bridgehead atoms. The number of hydrogen-bond acceptors (Lipinski definition) is 3. The van der Waals surface area contributed by atoms with Gasteiger partial charge in [-0.3, -0.25) is 14.8 Å². The van der Waals surface area contributed by atoms with Gasteiger partial charge >= 0.3 is 0 Å². The number of piperidine rings is 1. The summed E-state index contributed by atoms with van der Waals surface area (Å²) >= 11 is 0. The molecule has 3 aromatic rings. The molecule has 0 radical (unpaired) electrons. The lowest BCUT2D eigenvalue weighted by Crippen LogP contribution is -2.39. The molecule has 1 saturated heterocycles. The molecule has 4 nitrogen and oxygen atoms in total. The second kappa shape index (κ2) is 7.66. The van der Waals surface area contributed by atoms with Crippen molar-refractivity contribution < 1.29 is 9.18 Å². The normalized spacial score (nSPS) is 16.9. The van der Waals surface area contributed by atoms with Gasteiger partial charge in [0, 0.05) is 48.2 Å². The summed E-state index contributed by atoms with van der Waals surface area (Å²) in [6.45, 7) is 1.36. The molecule has 136 valence electrons. The van der Waals surface area contributed by atoms with Crippen molar-refractivity contribution in [3.05, 3.63) is 84.1 Å². The van der Waals surface area contributed by atoms with Crippen molar-refractivity contribution in [2.75, 3.05) is 13.1 Å². The molecule has 0 spiro atoms. The number of carbonyl (C=O) groups excluding carboxylic acids is 1. The maximum absolute atomic E-state index is 14.1. The monoisotopic (exact) mass is 361 g/mol. The minimum atomic E-state index is -0.278. The Bertz CT molecular complexity index is 945. The number of carbonyl (C=O) groups is 1. The third-order valence-corrected chi connectivity index (χ3v) is 4.97. The van der Waals surface area contributed by atoms with Crippen molar-refractivity contribution in [2.24, 2.45) is 0 Å². The van der Waals surface area contributed by atoms with Gasteiger partial charge in [0.15, 0.2) is 0 Å². The zero-order chi connectivity index (χ0) is 18.6. The minimum absolute atomic E-state index is 0.0207. The van der Waals surface area contributed by atoms with Crippen LogP contribution in [0.1, 0.15) is 34.8 Å². The van der Waals surface area contributed by atoms with E-state index in [9.17, 15) is 9.18 Å². The van der Waals surface area contributed by atoms with Gasteiger partial charge in [0.25, 0.3) is 5.91 Å². The zero-order valence-corrected chi connectivity index (χ0v) is 14.9. The zero-order valence-electron chi connectivity index (χ0n) is 14.9. The molecule has 1 aliphatic heterocycles. The van der Waals surface area contributed by atoms with E-state index >= 15 is 0 Å². The Hall–Kier alpha value is -3.08. The largest absolute Gasteiger partial charge is 0.338 e. The molecule has 27 heavy (non-hydrogen) atoms. The van der Waals surface area contributed by atoms with Crippen LogP contribution in [0.5, 0.6) is 0 Å². The summed E-state index contributed by atoms with van der Waals surface area (Å²) in [5, 5.41) is 0. The average Bonchev–Trinajstić information content (AvgIpc) is 2.74. The van der Waals surface area contributed by atoms with Gasteiger partial charge in [-0.2, -0.15) is 0 Å². The van der Waals surface area contributed by atoms with Crippen LogP contribution in [0, 0.1) is 5.82 Å². The number of rotatable bonds is 3. The molecule has 1 unspecified atom stereocenters. The molecule has 1 amide bonds. The highest BCUT2D eigenvalue weighted by Gasteiger charge is 2.26. The minimum Gasteiger partial charge on any atom is -0.338 e. The van der Waals surface area contributed by atoms with E-state index in [4.69, 9.17) is 4.98 Å². The van der Waals surface area contributed by atoms with Crippen molar-refractivity contribution >= 4 is 5.91 Å². The smallest absolute Gasteiger partial charge is 0.253 e. The van der Waals surface area contributed by atoms with Crippen LogP contribution in [0.25, 0.3) is 11.3 Å². The summed E-state index contributed by atoms with van der Waals surface area (Å²) in [6.07, 6.45) is 5.16. The predicted molar refractivity (Wildman–Crippen MR) is 102 cm³/mol. The number of benzene rings is 1. The molecule has 0 saturated carbocycles. The fourth-order valence-electron chi connectivity index (χ4n) is 3.58. The summed E-state index contributed by atoms with van der Waals surface area (Å²) in [4.78, 5) is 23.3. The Morgan fingerprint density at radius 3 is 2.67 bits per heavy atom. The third kappa shape index (κ3) is 3.72. The predicted octanol–water partition coefficient (Wildman–Crippen LogP) is 4.30. The molecule has 5 heteroatoms. The highest BCUT2D eigenvalue weighted by atomic mass is 19.1. The molecule has 1 aliphatic rings. The lowest BCUT2D eigenvalue weighted by molar-refractivity contribution is 0.0706. The first kappa shape index (κ1) is 17.3. The number of pyridine rings is 2. The Balaban J connectivity index is 1.56. The standard InChI is InChI=1S/C22H20FN3O/c23-19-7-2-1-6-18(19)21-9-3-8-20(25-21)17-5-4-14-26(15-17)22(27)16-10-12-24-13-11-16/h1-3,6-13,17H,4-5,14-15H2. The lowest BCUT2D eigenvalue weighted by atomic mass is 9.93. The Labute approximate surface area is 157 Å². The summed E-state index contributed by atoms with van der Waals surface area (Å²) in [7, 11) is 0. The Kier molecular flexibility index (Phi) is 4.92. The molecular formula is C22H20FN3O. The van der Waals surface area contributed by atoms with E-state index in [0.717, 1.165) is 25.1 Å². The van der Waals surface area contributed by atoms with E-state index < -0.39 is 0 Å². The number of halogens is 1. The molecule has 0 aliphatic carbocycles. The second-order valence-electron chi connectivity index (χ2n) is 6.75. The van der Waals surface area contributed by atoms with Gasteiger partial charge < -0.3 is 4.90 Å². The first-order valence-corrected chi connectivity index (χ1v) is 9.13. The molecule has 0 N–H and O–H groups in total. The molecule has 2 aromatic heterocycles. The summed E-state index contributed by atoms with van der Waals surface area (Å²) < 4.78 is 14.1. The maximum Gasteiger partial charge on any atom is 0.253 e. The Morgan fingerprint density at radius 2 is 1.85 bits per heavy atom. The van der Waals surface area contributed by atoms with Crippen molar-refractivity contribution in [3.63, 3.8) is 0 Å². The van der Waals surface area contributed by atoms with Crippen molar-refractivity contribution in [2.45, 2.75) is 18.8 Å². The van der Waals surface area contributed by atoms with E-state index in [0.29, 0.717) is 23.4 Å². The molecule has 1 atom stereocenters. The lowest BCUT2D eigenvalue weighted by Gasteiger charge is -2.32. The summed E-state index contributed by atoms with van der Waals surface area (Å²) in [5.41, 5.74) is 2.68. The van der Waals surface area contributed by atoms with Gasteiger partial charge in [0.2, 0.25) is 0 Å². The van der Waals surface area contributed by atoms with E-state index in [1.54, 1.807) is 36.7 Å². The molecule has 1 aromatic carbocycles. The number of amides is 1. The quantitative estimate of drug-likeness (QED) is 0.699. The van der Waals surface area contributed by atoms with Crippen molar-refractivity contribution in [3.8, 4) is 11.3 Å². The van der Waals surface area contributed by atoms with Crippen LogP contribution in [0.4, 0.5) is 4.39 Å². The number of aromatic nitrogens is 2. The van der Waals surface area contributed by atoms with Gasteiger partial charge in [-0.25, -0.2) is 4.39 Å². The van der Waals surface area contributed by atoms with Crippen LogP contribution in [0.3, 0.4) is 0 Å². The fourth-order valence-corrected chi connectivity index (χ4v) is 3.58. The SMILES string of the molecule is O=C(c1ccncc1)N1CCCC(c2cccc(-c3ccccc3F)n2)C1. The van der Waals surface area contributed by atoms with Crippen molar-refractivity contribution in [1.29, 1.82) is 0 Å². The highest BCUT2D eigenvalue weighted by Crippen LogP contribution is 2.29. The molecular weight excluding hydrogens is 341 g/mol. The van der Waals surface area contributed by atoms with Crippen LogP contribution >= 0.6 is 0 Å². The van der Waals surface area contributed by atoms with E-state index in [1.165, 1.54) is 6.07 Å². The molecule has 3 heterocycles. The van der Waals surface area contributed by atoms with Crippen LogP contribution in [-0.4, -0.2) is 33.9 Å². The van der Waals surface area contributed by atoms with Gasteiger partial charge in [-0.15, -0.1) is 0 Å². The number of hydrogen-bond donors (Lipinski definition) is 0.